The Morgan fingerprint density at radius 1 is 0.371 bits per heavy atom. The number of hydrogen-bond donors (Lipinski definition) is 0. The molecule has 1 aromatic carbocycles. The molecule has 9 nitrogen and oxygen atoms in total. The van der Waals surface area contributed by atoms with E-state index in [2.05, 4.69) is 26.0 Å². The molecule has 0 fully saturated rings. The van der Waals surface area contributed by atoms with Gasteiger partial charge in [-0.1, -0.05) is 30.3 Å². The number of pyridine rings is 4. The second-order valence-corrected chi connectivity index (χ2v) is 6.94. The number of rotatable bonds is 6. The third-order valence-corrected chi connectivity index (χ3v) is 4.86. The van der Waals surface area contributed by atoms with Crippen LogP contribution in [-0.4, -0.2) is 36.4 Å². The Hall–Kier alpha value is -4.70. The second-order valence-electron chi connectivity index (χ2n) is 6.94. The van der Waals surface area contributed by atoms with Gasteiger partial charge in [0.05, 0.1) is 11.4 Å². The van der Waals surface area contributed by atoms with Crippen LogP contribution in [0.5, 0.6) is 0 Å². The lowest BCUT2D eigenvalue weighted by atomic mass is 10.2. The molecule has 0 saturated carbocycles. The molecular formula is C26H26N6O3. The quantitative estimate of drug-likeness (QED) is 0.368. The van der Waals surface area contributed by atoms with Crippen LogP contribution in [0, 0.1) is 0 Å². The summed E-state index contributed by atoms with van der Waals surface area (Å²) in [4.78, 5) is 22.3. The summed E-state index contributed by atoms with van der Waals surface area (Å²) in [6.45, 7) is 0. The van der Waals surface area contributed by atoms with Crippen molar-refractivity contribution in [3.05, 3.63) is 122 Å². The van der Waals surface area contributed by atoms with Gasteiger partial charge in [0.2, 0.25) is 0 Å². The first kappa shape index (κ1) is 26.6. The molecule has 0 spiro atoms. The van der Waals surface area contributed by atoms with E-state index >= 15 is 0 Å². The van der Waals surface area contributed by atoms with Crippen molar-refractivity contribution in [2.75, 3.05) is 9.80 Å². The fourth-order valence-electron chi connectivity index (χ4n) is 3.48. The average Bonchev–Trinajstić information content (AvgIpc) is 2.87. The van der Waals surface area contributed by atoms with Gasteiger partial charge in [-0.15, -0.1) is 0 Å². The minimum absolute atomic E-state index is 0. The normalized spacial score (nSPS) is 9.60. The molecule has 0 radical (unpaired) electrons. The summed E-state index contributed by atoms with van der Waals surface area (Å²) in [7, 11) is 0. The Labute approximate surface area is 203 Å². The summed E-state index contributed by atoms with van der Waals surface area (Å²) in [5, 5.41) is 0. The van der Waals surface area contributed by atoms with Gasteiger partial charge < -0.3 is 16.4 Å². The third kappa shape index (κ3) is 5.81. The monoisotopic (exact) mass is 470 g/mol. The predicted molar refractivity (Wildman–Crippen MR) is 138 cm³/mol. The van der Waals surface area contributed by atoms with E-state index < -0.39 is 0 Å². The van der Waals surface area contributed by atoms with Gasteiger partial charge in [-0.25, -0.2) is 19.9 Å². The van der Waals surface area contributed by atoms with E-state index in [9.17, 15) is 0 Å². The second kappa shape index (κ2) is 12.5. The number of hydrogen-bond acceptors (Lipinski definition) is 6. The van der Waals surface area contributed by atoms with Crippen LogP contribution >= 0.6 is 0 Å². The summed E-state index contributed by atoms with van der Waals surface area (Å²) >= 11 is 0. The Kier molecular flexibility index (Phi) is 9.49. The van der Waals surface area contributed by atoms with Crippen molar-refractivity contribution in [2.45, 2.75) is 0 Å². The lowest BCUT2D eigenvalue weighted by Crippen LogP contribution is -2.15. The van der Waals surface area contributed by atoms with E-state index in [4.69, 9.17) is 0 Å². The average molecular weight is 471 g/mol. The van der Waals surface area contributed by atoms with Gasteiger partial charge in [-0.05, 0) is 66.7 Å². The van der Waals surface area contributed by atoms with Crippen LogP contribution in [0.3, 0.4) is 0 Å². The summed E-state index contributed by atoms with van der Waals surface area (Å²) in [6.07, 6.45) is 7.12. The van der Waals surface area contributed by atoms with E-state index in [1.807, 2.05) is 101 Å². The van der Waals surface area contributed by atoms with E-state index in [-0.39, 0.29) is 16.4 Å². The Morgan fingerprint density at radius 3 is 0.943 bits per heavy atom. The molecule has 5 aromatic rings. The minimum Gasteiger partial charge on any atom is -0.412 e. The van der Waals surface area contributed by atoms with Gasteiger partial charge in [0.25, 0.3) is 0 Å². The number of anilines is 6. The van der Waals surface area contributed by atoms with Gasteiger partial charge in [0.1, 0.15) is 23.3 Å². The van der Waals surface area contributed by atoms with Gasteiger partial charge in [-0.3, -0.25) is 9.80 Å². The first-order valence-electron chi connectivity index (χ1n) is 10.2. The highest BCUT2D eigenvalue weighted by molar-refractivity contribution is 5.79. The molecule has 0 aliphatic rings. The van der Waals surface area contributed by atoms with E-state index in [1.165, 1.54) is 0 Å². The van der Waals surface area contributed by atoms with Crippen molar-refractivity contribution in [1.82, 2.24) is 19.9 Å². The van der Waals surface area contributed by atoms with Crippen LogP contribution in [0.2, 0.25) is 0 Å². The maximum absolute atomic E-state index is 4.57. The lowest BCUT2D eigenvalue weighted by molar-refractivity contribution is 0.823. The van der Waals surface area contributed by atoms with E-state index in [0.717, 1.165) is 34.6 Å². The molecule has 0 saturated heterocycles. The maximum Gasteiger partial charge on any atom is 0.138 e. The molecule has 9 heteroatoms. The van der Waals surface area contributed by atoms with Crippen molar-refractivity contribution < 1.29 is 16.4 Å². The molecule has 0 aliphatic heterocycles. The molecule has 35 heavy (non-hydrogen) atoms. The van der Waals surface area contributed by atoms with Gasteiger partial charge in [0.15, 0.2) is 0 Å². The zero-order valence-corrected chi connectivity index (χ0v) is 18.7. The summed E-state index contributed by atoms with van der Waals surface area (Å²) in [5.41, 5.74) is 1.86. The van der Waals surface area contributed by atoms with Crippen molar-refractivity contribution >= 4 is 34.6 Å². The van der Waals surface area contributed by atoms with Crippen molar-refractivity contribution in [3.63, 3.8) is 0 Å². The molecular weight excluding hydrogens is 444 g/mol. The maximum atomic E-state index is 4.57. The van der Waals surface area contributed by atoms with Crippen LogP contribution in [0.25, 0.3) is 0 Å². The summed E-state index contributed by atoms with van der Waals surface area (Å²) in [5.74, 6) is 3.13. The first-order chi connectivity index (χ1) is 15.9. The smallest absolute Gasteiger partial charge is 0.138 e. The zero-order chi connectivity index (χ0) is 21.6. The highest BCUT2D eigenvalue weighted by atomic mass is 16.0. The highest BCUT2D eigenvalue weighted by Gasteiger charge is 2.18. The highest BCUT2D eigenvalue weighted by Crippen LogP contribution is 2.37. The lowest BCUT2D eigenvalue weighted by Gasteiger charge is -2.26. The molecule has 0 bridgehead atoms. The molecule has 178 valence electrons. The van der Waals surface area contributed by atoms with Crippen LogP contribution in [0.1, 0.15) is 0 Å². The molecule has 5 rings (SSSR count). The standard InChI is InChI=1S/C26H20N6.3H2O/c1-5-16-27-23(12-1)31(24-13-2-6-17-28-24)21-10-9-11-22(20-21)32(25-14-3-7-18-29-25)26-15-4-8-19-30-26;;;/h1-20H;3*1H2. The third-order valence-electron chi connectivity index (χ3n) is 4.86. The Balaban J connectivity index is 0.00000144. The fraction of sp³-hybridized carbons (Fsp3) is 0. The van der Waals surface area contributed by atoms with Crippen molar-refractivity contribution in [2.24, 2.45) is 0 Å². The molecule has 4 heterocycles. The van der Waals surface area contributed by atoms with E-state index in [0.29, 0.717) is 0 Å². The van der Waals surface area contributed by atoms with E-state index in [1.54, 1.807) is 24.8 Å². The molecule has 0 amide bonds. The Morgan fingerprint density at radius 2 is 0.686 bits per heavy atom. The fourth-order valence-corrected chi connectivity index (χ4v) is 3.48. The van der Waals surface area contributed by atoms with Gasteiger partial charge >= 0.3 is 0 Å². The number of benzene rings is 1. The molecule has 6 N–H and O–H groups in total. The predicted octanol–water partition coefficient (Wildman–Crippen LogP) is 3.73. The topological polar surface area (TPSA) is 153 Å². The zero-order valence-electron chi connectivity index (χ0n) is 18.7. The largest absolute Gasteiger partial charge is 0.412 e. The first-order valence-corrected chi connectivity index (χ1v) is 10.2. The summed E-state index contributed by atoms with van der Waals surface area (Å²) < 4.78 is 0. The van der Waals surface area contributed by atoms with Crippen LogP contribution < -0.4 is 9.80 Å². The SMILES string of the molecule is O.O.O.c1ccc(N(c2cccc(N(c3ccccn3)c3ccccn3)c2)c2ccccn2)nc1. The van der Waals surface area contributed by atoms with Crippen LogP contribution in [0.4, 0.5) is 34.6 Å². The van der Waals surface area contributed by atoms with Gasteiger partial charge in [-0.2, -0.15) is 0 Å². The molecule has 0 atom stereocenters. The van der Waals surface area contributed by atoms with Gasteiger partial charge in [0, 0.05) is 24.8 Å². The Bertz CT molecular complexity index is 1100. The van der Waals surface area contributed by atoms with Crippen LogP contribution in [-0.2, 0) is 0 Å². The molecule has 0 unspecified atom stereocenters. The summed E-state index contributed by atoms with van der Waals surface area (Å²) in [6, 6.07) is 31.6. The molecule has 0 aliphatic carbocycles. The van der Waals surface area contributed by atoms with Crippen molar-refractivity contribution in [3.8, 4) is 0 Å². The number of nitrogens with zero attached hydrogens (tertiary/aromatic N) is 6. The number of aromatic nitrogens is 4. The molecule has 4 aromatic heterocycles. The van der Waals surface area contributed by atoms with Crippen LogP contribution in [0.15, 0.2) is 122 Å². The van der Waals surface area contributed by atoms with Crippen molar-refractivity contribution in [1.29, 1.82) is 0 Å². The minimum atomic E-state index is 0.